The number of urea groups is 1. The van der Waals surface area contributed by atoms with Crippen LogP contribution in [0.25, 0.3) is 0 Å². The number of amides is 3. The molecule has 1 saturated heterocycles. The van der Waals surface area contributed by atoms with E-state index < -0.39 is 30.0 Å². The third kappa shape index (κ3) is 2.64. The van der Waals surface area contributed by atoms with Crippen molar-refractivity contribution >= 4 is 17.9 Å². The lowest BCUT2D eigenvalue weighted by Gasteiger charge is -2.25. The maximum atomic E-state index is 12.7. The molecule has 1 atom stereocenters. The van der Waals surface area contributed by atoms with E-state index in [0.29, 0.717) is 30.3 Å². The van der Waals surface area contributed by atoms with Gasteiger partial charge in [-0.1, -0.05) is 6.07 Å². The summed E-state index contributed by atoms with van der Waals surface area (Å²) >= 11 is 0. The third-order valence-corrected chi connectivity index (χ3v) is 3.99. The van der Waals surface area contributed by atoms with Gasteiger partial charge in [0.05, 0.1) is 6.61 Å². The topological polar surface area (TPSA) is 94.2 Å². The Kier molecular flexibility index (Phi) is 4.04. The molecule has 2 heterocycles. The summed E-state index contributed by atoms with van der Waals surface area (Å²) < 4.78 is 15.8. The van der Waals surface area contributed by atoms with Crippen molar-refractivity contribution < 1.29 is 28.6 Å². The van der Waals surface area contributed by atoms with Crippen molar-refractivity contribution in [1.29, 1.82) is 0 Å². The monoisotopic (exact) mass is 334 g/mol. The molecule has 128 valence electrons. The number of hydrogen-bond donors (Lipinski definition) is 1. The Hall–Kier alpha value is -2.77. The van der Waals surface area contributed by atoms with Gasteiger partial charge in [-0.25, -0.2) is 4.79 Å². The van der Waals surface area contributed by atoms with E-state index in [2.05, 4.69) is 5.32 Å². The van der Waals surface area contributed by atoms with Gasteiger partial charge in [-0.15, -0.1) is 0 Å². The predicted octanol–water partition coefficient (Wildman–Crippen LogP) is 0.788. The van der Waals surface area contributed by atoms with Crippen molar-refractivity contribution in [3.63, 3.8) is 0 Å². The number of esters is 1. The van der Waals surface area contributed by atoms with Gasteiger partial charge in [-0.2, -0.15) is 0 Å². The van der Waals surface area contributed by atoms with Gasteiger partial charge in [0.15, 0.2) is 11.5 Å². The zero-order chi connectivity index (χ0) is 17.3. The van der Waals surface area contributed by atoms with E-state index in [1.54, 1.807) is 32.0 Å². The van der Waals surface area contributed by atoms with E-state index in [9.17, 15) is 14.4 Å². The van der Waals surface area contributed by atoms with Crippen LogP contribution in [0.15, 0.2) is 18.2 Å². The maximum Gasteiger partial charge on any atom is 0.326 e. The van der Waals surface area contributed by atoms with Gasteiger partial charge in [0.25, 0.3) is 5.91 Å². The van der Waals surface area contributed by atoms with Crippen molar-refractivity contribution in [2.45, 2.75) is 19.4 Å². The summed E-state index contributed by atoms with van der Waals surface area (Å²) in [5, 5.41) is 2.63. The van der Waals surface area contributed by atoms with E-state index >= 15 is 0 Å². The van der Waals surface area contributed by atoms with Crippen LogP contribution in [0.5, 0.6) is 11.5 Å². The Morgan fingerprint density at radius 2 is 2.00 bits per heavy atom. The maximum absolute atomic E-state index is 12.7. The standard InChI is InChI=1S/C16H18N2O6/c1-3-22-13(19)9-18-14(20)16(2,17-15(18)21)10-4-5-11-12(8-10)24-7-6-23-11/h4-5,8H,3,6-7,9H2,1-2H3,(H,17,21)/t16-/m0/s1. The molecule has 0 bridgehead atoms. The van der Waals surface area contributed by atoms with E-state index in [4.69, 9.17) is 14.2 Å². The molecule has 0 aromatic heterocycles. The van der Waals surface area contributed by atoms with Crippen molar-refractivity contribution in [3.8, 4) is 11.5 Å². The molecule has 1 aromatic carbocycles. The fraction of sp³-hybridized carbons (Fsp3) is 0.438. The van der Waals surface area contributed by atoms with Gasteiger partial charge < -0.3 is 19.5 Å². The number of benzene rings is 1. The molecule has 1 fully saturated rings. The number of carbonyl (C=O) groups is 3. The number of imide groups is 1. The minimum atomic E-state index is -1.28. The second-order valence-corrected chi connectivity index (χ2v) is 5.61. The molecule has 0 saturated carbocycles. The lowest BCUT2D eigenvalue weighted by Crippen LogP contribution is -2.41. The molecule has 1 aromatic rings. The number of carbonyl (C=O) groups excluding carboxylic acids is 3. The highest BCUT2D eigenvalue weighted by molar-refractivity contribution is 6.08. The van der Waals surface area contributed by atoms with Crippen molar-refractivity contribution in [2.75, 3.05) is 26.4 Å². The highest BCUT2D eigenvalue weighted by Crippen LogP contribution is 2.36. The highest BCUT2D eigenvalue weighted by Gasteiger charge is 2.50. The fourth-order valence-corrected chi connectivity index (χ4v) is 2.73. The SMILES string of the molecule is CCOC(=O)CN1C(=O)N[C@@](C)(c2ccc3c(c2)OCCO3)C1=O. The number of rotatable bonds is 4. The molecule has 3 amide bonds. The molecule has 0 radical (unpaired) electrons. The zero-order valence-corrected chi connectivity index (χ0v) is 13.5. The Morgan fingerprint density at radius 1 is 1.29 bits per heavy atom. The smallest absolute Gasteiger partial charge is 0.326 e. The minimum absolute atomic E-state index is 0.182. The number of fused-ring (bicyclic) bond motifs is 1. The van der Waals surface area contributed by atoms with Crippen LogP contribution in [0, 0.1) is 0 Å². The second-order valence-electron chi connectivity index (χ2n) is 5.61. The van der Waals surface area contributed by atoms with Crippen molar-refractivity contribution in [2.24, 2.45) is 0 Å². The van der Waals surface area contributed by atoms with Gasteiger partial charge in [0, 0.05) is 0 Å². The van der Waals surface area contributed by atoms with E-state index in [0.717, 1.165) is 4.90 Å². The molecule has 8 nitrogen and oxygen atoms in total. The summed E-state index contributed by atoms with van der Waals surface area (Å²) in [5.74, 6) is -0.0377. The fourth-order valence-electron chi connectivity index (χ4n) is 2.73. The van der Waals surface area contributed by atoms with Crippen molar-refractivity contribution in [3.05, 3.63) is 23.8 Å². The van der Waals surface area contributed by atoms with Crippen LogP contribution in [0.1, 0.15) is 19.4 Å². The molecule has 2 aliphatic rings. The molecule has 8 heteroatoms. The van der Waals surface area contributed by atoms with Gasteiger partial charge >= 0.3 is 12.0 Å². The van der Waals surface area contributed by atoms with E-state index in [1.165, 1.54) is 0 Å². The summed E-state index contributed by atoms with van der Waals surface area (Å²) in [5.41, 5.74) is -0.726. The summed E-state index contributed by atoms with van der Waals surface area (Å²) in [4.78, 5) is 37.3. The number of nitrogens with one attached hydrogen (secondary N) is 1. The van der Waals surface area contributed by atoms with Crippen LogP contribution in [0.4, 0.5) is 4.79 Å². The normalized spacial score (nSPS) is 22.3. The van der Waals surface area contributed by atoms with Crippen LogP contribution in [0.2, 0.25) is 0 Å². The summed E-state index contributed by atoms with van der Waals surface area (Å²) in [6.07, 6.45) is 0. The van der Waals surface area contributed by atoms with Crippen LogP contribution in [0.3, 0.4) is 0 Å². The van der Waals surface area contributed by atoms with Crippen LogP contribution in [-0.4, -0.2) is 49.2 Å². The first-order valence-electron chi connectivity index (χ1n) is 7.65. The largest absolute Gasteiger partial charge is 0.486 e. The molecular formula is C16H18N2O6. The average molecular weight is 334 g/mol. The minimum Gasteiger partial charge on any atom is -0.486 e. The lowest BCUT2D eigenvalue weighted by atomic mass is 9.91. The molecule has 0 aliphatic carbocycles. The zero-order valence-electron chi connectivity index (χ0n) is 13.5. The van der Waals surface area contributed by atoms with Crippen molar-refractivity contribution in [1.82, 2.24) is 10.2 Å². The first kappa shape index (κ1) is 16.1. The summed E-state index contributed by atoms with van der Waals surface area (Å²) in [6.45, 7) is 3.89. The van der Waals surface area contributed by atoms with Gasteiger partial charge in [0.2, 0.25) is 0 Å². The summed E-state index contributed by atoms with van der Waals surface area (Å²) in [7, 11) is 0. The number of nitrogens with zero attached hydrogens (tertiary/aromatic N) is 1. The van der Waals surface area contributed by atoms with Gasteiger partial charge in [0.1, 0.15) is 25.3 Å². The highest BCUT2D eigenvalue weighted by atomic mass is 16.6. The van der Waals surface area contributed by atoms with Crippen LogP contribution >= 0.6 is 0 Å². The average Bonchev–Trinajstić information content (AvgIpc) is 2.79. The Bertz CT molecular complexity index is 704. The Morgan fingerprint density at radius 3 is 2.71 bits per heavy atom. The second kappa shape index (κ2) is 6.03. The van der Waals surface area contributed by atoms with Gasteiger partial charge in [-0.3, -0.25) is 14.5 Å². The Balaban J connectivity index is 1.86. The van der Waals surface area contributed by atoms with Crippen LogP contribution in [-0.2, 0) is 19.9 Å². The van der Waals surface area contributed by atoms with Gasteiger partial charge in [-0.05, 0) is 31.5 Å². The van der Waals surface area contributed by atoms with Crippen LogP contribution < -0.4 is 14.8 Å². The molecule has 2 aliphatic heterocycles. The lowest BCUT2D eigenvalue weighted by molar-refractivity contribution is -0.147. The van der Waals surface area contributed by atoms with E-state index in [-0.39, 0.29) is 6.61 Å². The summed E-state index contributed by atoms with van der Waals surface area (Å²) in [6, 6.07) is 4.42. The molecule has 3 rings (SSSR count). The molecule has 1 N–H and O–H groups in total. The predicted molar refractivity (Wildman–Crippen MR) is 81.7 cm³/mol. The Labute approximate surface area is 138 Å². The molecule has 24 heavy (non-hydrogen) atoms. The first-order valence-corrected chi connectivity index (χ1v) is 7.65. The first-order chi connectivity index (χ1) is 11.5. The molecule has 0 spiro atoms. The molecular weight excluding hydrogens is 316 g/mol. The number of hydrogen-bond acceptors (Lipinski definition) is 6. The quantitative estimate of drug-likeness (QED) is 0.646. The molecule has 0 unspecified atom stereocenters. The number of ether oxygens (including phenoxy) is 3. The third-order valence-electron chi connectivity index (χ3n) is 3.99. The van der Waals surface area contributed by atoms with E-state index in [1.807, 2.05) is 0 Å².